The van der Waals surface area contributed by atoms with Gasteiger partial charge in [0.2, 0.25) is 0 Å². The van der Waals surface area contributed by atoms with Crippen molar-refractivity contribution >= 4 is 11.8 Å². The zero-order valence-corrected chi connectivity index (χ0v) is 11.3. The van der Waals surface area contributed by atoms with Gasteiger partial charge < -0.3 is 9.80 Å². The number of carbonyl (C=O) groups excluding carboxylic acids is 2. The number of hydrogen-bond donors (Lipinski definition) is 0. The lowest BCUT2D eigenvalue weighted by Gasteiger charge is -2.16. The molecule has 0 spiro atoms. The molecule has 5 heteroatoms. The molecule has 2 amide bonds. The zero-order chi connectivity index (χ0) is 13.7. The van der Waals surface area contributed by atoms with Crippen molar-refractivity contribution in [1.82, 2.24) is 14.8 Å². The number of amides is 2. The summed E-state index contributed by atoms with van der Waals surface area (Å²) in [6.07, 6.45) is 0. The third-order valence-electron chi connectivity index (χ3n) is 2.83. The second-order valence-corrected chi connectivity index (χ2v) is 4.05. The maximum Gasteiger partial charge on any atom is 0.272 e. The first-order valence-electron chi connectivity index (χ1n) is 5.99. The van der Waals surface area contributed by atoms with Gasteiger partial charge in [-0.25, -0.2) is 4.98 Å². The van der Waals surface area contributed by atoms with Crippen molar-refractivity contribution in [3.8, 4) is 0 Å². The SMILES string of the molecule is CCN(C)C(=O)c1cccc(C(=O)N(C)CC)n1. The molecule has 0 atom stereocenters. The van der Waals surface area contributed by atoms with E-state index < -0.39 is 0 Å². The highest BCUT2D eigenvalue weighted by Crippen LogP contribution is 2.05. The van der Waals surface area contributed by atoms with E-state index in [1.807, 2.05) is 13.8 Å². The summed E-state index contributed by atoms with van der Waals surface area (Å²) in [5, 5.41) is 0. The summed E-state index contributed by atoms with van der Waals surface area (Å²) >= 11 is 0. The summed E-state index contributed by atoms with van der Waals surface area (Å²) in [4.78, 5) is 31.1. The van der Waals surface area contributed by atoms with Crippen LogP contribution in [-0.2, 0) is 0 Å². The summed E-state index contributed by atoms with van der Waals surface area (Å²) in [6.45, 7) is 4.98. The Morgan fingerprint density at radius 1 is 1.00 bits per heavy atom. The predicted octanol–water partition coefficient (Wildman–Crippen LogP) is 1.27. The number of carbonyl (C=O) groups is 2. The van der Waals surface area contributed by atoms with Crippen LogP contribution in [-0.4, -0.2) is 53.8 Å². The first kappa shape index (κ1) is 14.2. The lowest BCUT2D eigenvalue weighted by atomic mass is 10.2. The van der Waals surface area contributed by atoms with E-state index >= 15 is 0 Å². The van der Waals surface area contributed by atoms with Gasteiger partial charge in [0.1, 0.15) is 11.4 Å². The fraction of sp³-hybridized carbons (Fsp3) is 0.462. The van der Waals surface area contributed by atoms with Gasteiger partial charge in [-0.1, -0.05) is 6.07 Å². The lowest BCUT2D eigenvalue weighted by molar-refractivity contribution is 0.0789. The van der Waals surface area contributed by atoms with Crippen LogP contribution in [0.15, 0.2) is 18.2 Å². The number of nitrogens with zero attached hydrogens (tertiary/aromatic N) is 3. The Kier molecular flexibility index (Phi) is 4.83. The van der Waals surface area contributed by atoms with Gasteiger partial charge in [-0.15, -0.1) is 0 Å². The summed E-state index contributed by atoms with van der Waals surface area (Å²) in [5.74, 6) is -0.349. The minimum Gasteiger partial charge on any atom is -0.341 e. The number of hydrogen-bond acceptors (Lipinski definition) is 3. The zero-order valence-electron chi connectivity index (χ0n) is 11.3. The van der Waals surface area contributed by atoms with Crippen LogP contribution in [0.5, 0.6) is 0 Å². The van der Waals surface area contributed by atoms with Crippen LogP contribution in [0.4, 0.5) is 0 Å². The molecule has 0 saturated heterocycles. The molecule has 1 aromatic rings. The van der Waals surface area contributed by atoms with Gasteiger partial charge in [0.05, 0.1) is 0 Å². The lowest BCUT2D eigenvalue weighted by Crippen LogP contribution is -2.30. The molecule has 1 rings (SSSR count). The molecule has 0 saturated carbocycles. The van der Waals surface area contributed by atoms with E-state index in [0.29, 0.717) is 24.5 Å². The molecule has 18 heavy (non-hydrogen) atoms. The van der Waals surface area contributed by atoms with Crippen molar-refractivity contribution in [3.63, 3.8) is 0 Å². The average molecular weight is 249 g/mol. The molecule has 0 aliphatic heterocycles. The van der Waals surface area contributed by atoms with Gasteiger partial charge >= 0.3 is 0 Å². The molecular formula is C13H19N3O2. The summed E-state index contributed by atoms with van der Waals surface area (Å²) in [6, 6.07) is 4.93. The second kappa shape index (κ2) is 6.14. The monoisotopic (exact) mass is 249 g/mol. The van der Waals surface area contributed by atoms with Crippen molar-refractivity contribution in [2.75, 3.05) is 27.2 Å². The van der Waals surface area contributed by atoms with Gasteiger partial charge in [0, 0.05) is 27.2 Å². The maximum atomic E-state index is 11.9. The number of aromatic nitrogens is 1. The normalized spacial score (nSPS) is 10.0. The Bertz CT molecular complexity index is 408. The van der Waals surface area contributed by atoms with Gasteiger partial charge in [-0.2, -0.15) is 0 Å². The third kappa shape index (κ3) is 3.06. The van der Waals surface area contributed by atoms with E-state index in [0.717, 1.165) is 0 Å². The van der Waals surface area contributed by atoms with Crippen molar-refractivity contribution in [2.24, 2.45) is 0 Å². The molecule has 0 aromatic carbocycles. The predicted molar refractivity (Wildman–Crippen MR) is 69.5 cm³/mol. The second-order valence-electron chi connectivity index (χ2n) is 4.05. The summed E-state index contributed by atoms with van der Waals surface area (Å²) < 4.78 is 0. The Labute approximate surface area is 107 Å². The van der Waals surface area contributed by atoms with Gasteiger partial charge in [0.15, 0.2) is 0 Å². The Hall–Kier alpha value is -1.91. The van der Waals surface area contributed by atoms with Gasteiger partial charge in [-0.05, 0) is 26.0 Å². The smallest absolute Gasteiger partial charge is 0.272 e. The molecule has 0 radical (unpaired) electrons. The summed E-state index contributed by atoms with van der Waals surface area (Å²) in [7, 11) is 3.41. The maximum absolute atomic E-state index is 11.9. The van der Waals surface area contributed by atoms with E-state index in [1.54, 1.807) is 42.1 Å². The first-order valence-corrected chi connectivity index (χ1v) is 5.99. The van der Waals surface area contributed by atoms with Crippen LogP contribution in [0.25, 0.3) is 0 Å². The molecule has 5 nitrogen and oxygen atoms in total. The van der Waals surface area contributed by atoms with E-state index in [1.165, 1.54) is 0 Å². The fourth-order valence-corrected chi connectivity index (χ4v) is 1.35. The van der Waals surface area contributed by atoms with Crippen LogP contribution in [0.3, 0.4) is 0 Å². The number of pyridine rings is 1. The van der Waals surface area contributed by atoms with Crippen LogP contribution in [0.1, 0.15) is 34.8 Å². The van der Waals surface area contributed by atoms with Gasteiger partial charge in [0.25, 0.3) is 11.8 Å². The highest BCUT2D eigenvalue weighted by atomic mass is 16.2. The molecule has 0 fully saturated rings. The van der Waals surface area contributed by atoms with Crippen molar-refractivity contribution in [1.29, 1.82) is 0 Å². The Morgan fingerprint density at radius 3 is 1.72 bits per heavy atom. The van der Waals surface area contributed by atoms with Gasteiger partial charge in [-0.3, -0.25) is 9.59 Å². The highest BCUT2D eigenvalue weighted by molar-refractivity contribution is 5.96. The molecule has 1 aromatic heterocycles. The molecule has 98 valence electrons. The molecule has 1 heterocycles. The topological polar surface area (TPSA) is 53.5 Å². The van der Waals surface area contributed by atoms with Crippen LogP contribution >= 0.6 is 0 Å². The average Bonchev–Trinajstić information content (AvgIpc) is 2.43. The summed E-state index contributed by atoms with van der Waals surface area (Å²) in [5.41, 5.74) is 0.601. The molecule has 0 aliphatic carbocycles. The quantitative estimate of drug-likeness (QED) is 0.807. The molecular weight excluding hydrogens is 230 g/mol. The Balaban J connectivity index is 2.99. The largest absolute Gasteiger partial charge is 0.341 e. The first-order chi connectivity index (χ1) is 8.51. The van der Waals surface area contributed by atoms with E-state index in [4.69, 9.17) is 0 Å². The van der Waals surface area contributed by atoms with Crippen LogP contribution in [0, 0.1) is 0 Å². The third-order valence-corrected chi connectivity index (χ3v) is 2.83. The minimum atomic E-state index is -0.175. The fourth-order valence-electron chi connectivity index (χ4n) is 1.35. The van der Waals surface area contributed by atoms with Crippen molar-refractivity contribution < 1.29 is 9.59 Å². The standard InChI is InChI=1S/C13H19N3O2/c1-5-15(3)12(17)10-8-7-9-11(14-10)13(18)16(4)6-2/h7-9H,5-6H2,1-4H3. The van der Waals surface area contributed by atoms with Crippen molar-refractivity contribution in [3.05, 3.63) is 29.6 Å². The van der Waals surface area contributed by atoms with Crippen LogP contribution < -0.4 is 0 Å². The molecule has 0 bridgehead atoms. The van der Waals surface area contributed by atoms with E-state index in [2.05, 4.69) is 4.98 Å². The minimum absolute atomic E-state index is 0.175. The van der Waals surface area contributed by atoms with E-state index in [-0.39, 0.29) is 11.8 Å². The molecule has 0 aliphatic rings. The molecule has 0 unspecified atom stereocenters. The van der Waals surface area contributed by atoms with E-state index in [9.17, 15) is 9.59 Å². The molecule has 0 N–H and O–H groups in total. The van der Waals surface area contributed by atoms with Crippen molar-refractivity contribution in [2.45, 2.75) is 13.8 Å². The number of rotatable bonds is 4. The van der Waals surface area contributed by atoms with Crippen LogP contribution in [0.2, 0.25) is 0 Å². The highest BCUT2D eigenvalue weighted by Gasteiger charge is 2.16. The Morgan fingerprint density at radius 2 is 1.39 bits per heavy atom.